The van der Waals surface area contributed by atoms with Gasteiger partial charge >= 0.3 is 0 Å². The molecule has 1 saturated heterocycles. The highest BCUT2D eigenvalue weighted by Crippen LogP contribution is 2.39. The average molecular weight is 284 g/mol. The van der Waals surface area contributed by atoms with E-state index in [9.17, 15) is 18.5 Å². The quantitative estimate of drug-likeness (QED) is 0.483. The van der Waals surface area contributed by atoms with Gasteiger partial charge in [0.2, 0.25) is 10.0 Å². The second kappa shape index (κ2) is 4.28. The summed E-state index contributed by atoms with van der Waals surface area (Å²) in [6, 6.07) is 4.98. The van der Waals surface area contributed by atoms with E-state index >= 15 is 0 Å². The Balaban J connectivity index is 2.25. The molecule has 104 valence electrons. The Labute approximate surface area is 112 Å². The molecule has 0 saturated carbocycles. The van der Waals surface area contributed by atoms with Gasteiger partial charge in [-0.25, -0.2) is 8.42 Å². The van der Waals surface area contributed by atoms with Crippen molar-refractivity contribution in [2.24, 2.45) is 5.41 Å². The van der Waals surface area contributed by atoms with Crippen LogP contribution >= 0.6 is 0 Å². The summed E-state index contributed by atoms with van der Waals surface area (Å²) in [5.74, 6) is 0. The van der Waals surface area contributed by atoms with Crippen LogP contribution in [0, 0.1) is 15.5 Å². The number of rotatable bonds is 3. The second-order valence-electron chi connectivity index (χ2n) is 5.71. The molecule has 19 heavy (non-hydrogen) atoms. The lowest BCUT2D eigenvalue weighted by Gasteiger charge is -2.18. The molecule has 1 aliphatic rings. The van der Waals surface area contributed by atoms with Gasteiger partial charge in [-0.1, -0.05) is 20.8 Å². The van der Waals surface area contributed by atoms with Gasteiger partial charge in [-0.15, -0.1) is 0 Å². The molecule has 1 aromatic carbocycles. The van der Waals surface area contributed by atoms with Crippen molar-refractivity contribution in [1.82, 2.24) is 4.31 Å². The topological polar surface area (TPSA) is 80.3 Å². The van der Waals surface area contributed by atoms with Crippen LogP contribution in [0.15, 0.2) is 29.2 Å². The lowest BCUT2D eigenvalue weighted by atomic mass is 9.92. The van der Waals surface area contributed by atoms with Crippen molar-refractivity contribution in [2.75, 3.05) is 6.54 Å². The Morgan fingerprint density at radius 1 is 1.26 bits per heavy atom. The zero-order valence-corrected chi connectivity index (χ0v) is 11.8. The molecule has 0 N–H and O–H groups in total. The van der Waals surface area contributed by atoms with E-state index in [0.29, 0.717) is 6.54 Å². The van der Waals surface area contributed by atoms with E-state index in [1.807, 2.05) is 20.8 Å². The molecule has 6 nitrogen and oxygen atoms in total. The highest BCUT2D eigenvalue weighted by Gasteiger charge is 2.50. The first-order valence-corrected chi connectivity index (χ1v) is 7.34. The van der Waals surface area contributed by atoms with Crippen molar-refractivity contribution in [3.63, 3.8) is 0 Å². The summed E-state index contributed by atoms with van der Waals surface area (Å²) in [6.07, 6.45) is 0. The summed E-state index contributed by atoms with van der Waals surface area (Å²) in [5.41, 5.74) is -0.217. The van der Waals surface area contributed by atoms with Crippen molar-refractivity contribution in [3.05, 3.63) is 34.4 Å². The third-order valence-electron chi connectivity index (χ3n) is 3.22. The van der Waals surface area contributed by atoms with E-state index in [4.69, 9.17) is 0 Å². The van der Waals surface area contributed by atoms with E-state index in [0.717, 1.165) is 0 Å². The molecule has 0 bridgehead atoms. The lowest BCUT2D eigenvalue weighted by Crippen LogP contribution is -2.23. The van der Waals surface area contributed by atoms with Crippen LogP contribution in [0.2, 0.25) is 0 Å². The molecule has 2 rings (SSSR count). The summed E-state index contributed by atoms with van der Waals surface area (Å²) in [4.78, 5) is 10.1. The number of hydrogen-bond donors (Lipinski definition) is 0. The van der Waals surface area contributed by atoms with Crippen LogP contribution in [0.1, 0.15) is 20.8 Å². The van der Waals surface area contributed by atoms with Gasteiger partial charge < -0.3 is 0 Å². The van der Waals surface area contributed by atoms with Crippen molar-refractivity contribution in [1.29, 1.82) is 0 Å². The van der Waals surface area contributed by atoms with Gasteiger partial charge in [-0.05, 0) is 17.5 Å². The highest BCUT2D eigenvalue weighted by atomic mass is 32.2. The molecule has 1 unspecified atom stereocenters. The molecule has 0 radical (unpaired) electrons. The van der Waals surface area contributed by atoms with Crippen molar-refractivity contribution >= 4 is 15.7 Å². The van der Waals surface area contributed by atoms with E-state index < -0.39 is 14.9 Å². The first-order chi connectivity index (χ1) is 8.64. The van der Waals surface area contributed by atoms with Gasteiger partial charge in [-0.3, -0.25) is 10.1 Å². The number of nitro benzene ring substituents is 1. The fourth-order valence-electron chi connectivity index (χ4n) is 1.97. The maximum absolute atomic E-state index is 12.3. The predicted octanol–water partition coefficient (Wildman–Crippen LogP) is 2.01. The molecule has 7 heteroatoms. The van der Waals surface area contributed by atoms with E-state index in [2.05, 4.69) is 0 Å². The Morgan fingerprint density at radius 3 is 2.16 bits per heavy atom. The van der Waals surface area contributed by atoms with Gasteiger partial charge in [-0.2, -0.15) is 4.31 Å². The van der Waals surface area contributed by atoms with E-state index in [1.165, 1.54) is 28.6 Å². The summed E-state index contributed by atoms with van der Waals surface area (Å²) in [6.45, 7) is 6.47. The second-order valence-corrected chi connectivity index (χ2v) is 7.60. The van der Waals surface area contributed by atoms with E-state index in [-0.39, 0.29) is 22.0 Å². The highest BCUT2D eigenvalue weighted by molar-refractivity contribution is 7.89. The molecule has 1 aromatic rings. The minimum Gasteiger partial charge on any atom is -0.258 e. The maximum atomic E-state index is 12.3. The molecular formula is C12H16N2O4S. The molecule has 1 fully saturated rings. The normalized spacial score (nSPS) is 23.1. The van der Waals surface area contributed by atoms with Gasteiger partial charge in [0.15, 0.2) is 0 Å². The first-order valence-electron chi connectivity index (χ1n) is 5.90. The van der Waals surface area contributed by atoms with Crippen LogP contribution in [-0.2, 0) is 10.0 Å². The number of non-ortho nitro benzene ring substituents is 1. The lowest BCUT2D eigenvalue weighted by molar-refractivity contribution is -0.384. The zero-order chi connectivity index (χ0) is 14.4. The zero-order valence-electron chi connectivity index (χ0n) is 11.0. The van der Waals surface area contributed by atoms with Crippen LogP contribution in [0.3, 0.4) is 0 Å². The van der Waals surface area contributed by atoms with Crippen LogP contribution < -0.4 is 0 Å². The summed E-state index contributed by atoms with van der Waals surface area (Å²) >= 11 is 0. The molecule has 2 atom stereocenters. The maximum Gasteiger partial charge on any atom is 0.269 e. The number of sulfonamides is 1. The number of benzene rings is 1. The Hall–Kier alpha value is -1.47. The molecule has 0 aliphatic carbocycles. The molecule has 1 aliphatic heterocycles. The first kappa shape index (κ1) is 14.0. The summed E-state index contributed by atoms with van der Waals surface area (Å²) < 4.78 is 26.0. The van der Waals surface area contributed by atoms with Crippen LogP contribution in [0.4, 0.5) is 5.69 Å². The third kappa shape index (κ3) is 2.62. The van der Waals surface area contributed by atoms with Crippen molar-refractivity contribution in [2.45, 2.75) is 31.7 Å². The number of nitrogens with zero attached hydrogens (tertiary/aromatic N) is 2. The Kier molecular flexibility index (Phi) is 3.14. The minimum atomic E-state index is -3.53. The van der Waals surface area contributed by atoms with Gasteiger partial charge in [0.05, 0.1) is 9.82 Å². The number of nitro groups is 1. The number of hydrogen-bond acceptors (Lipinski definition) is 4. The van der Waals surface area contributed by atoms with Gasteiger partial charge in [0.25, 0.3) is 5.69 Å². The van der Waals surface area contributed by atoms with E-state index in [1.54, 1.807) is 0 Å². The molecule has 0 spiro atoms. The predicted molar refractivity (Wildman–Crippen MR) is 70.2 cm³/mol. The third-order valence-corrected chi connectivity index (χ3v) is 5.11. The van der Waals surface area contributed by atoms with Crippen LogP contribution in [0.25, 0.3) is 0 Å². The Bertz CT molecular complexity index is 602. The van der Waals surface area contributed by atoms with Gasteiger partial charge in [0.1, 0.15) is 0 Å². The Morgan fingerprint density at radius 2 is 1.79 bits per heavy atom. The van der Waals surface area contributed by atoms with Crippen LogP contribution in [0.5, 0.6) is 0 Å². The largest absolute Gasteiger partial charge is 0.269 e. The van der Waals surface area contributed by atoms with Gasteiger partial charge in [0, 0.05) is 24.7 Å². The van der Waals surface area contributed by atoms with Crippen molar-refractivity contribution < 1.29 is 13.3 Å². The fourth-order valence-corrected chi connectivity index (χ4v) is 3.71. The minimum absolute atomic E-state index is 0.00677. The molecule has 1 heterocycles. The standard InChI is InChI=1S/C12H16N2O4S/c1-12(2,3)11-8-13(11)19(17,18)10-6-4-9(5-7-10)14(15)16/h4-7,11H,8H2,1-3H3/t11-,13?/m0/s1. The molecule has 0 aromatic heterocycles. The fraction of sp³-hybridized carbons (Fsp3) is 0.500. The monoisotopic (exact) mass is 284 g/mol. The molecular weight excluding hydrogens is 268 g/mol. The average Bonchev–Trinajstić information content (AvgIpc) is 3.08. The smallest absolute Gasteiger partial charge is 0.258 e. The summed E-state index contributed by atoms with van der Waals surface area (Å²) in [5, 5.41) is 10.5. The molecule has 0 amide bonds. The summed E-state index contributed by atoms with van der Waals surface area (Å²) in [7, 11) is -3.53. The van der Waals surface area contributed by atoms with Crippen molar-refractivity contribution in [3.8, 4) is 0 Å². The SMILES string of the molecule is CC(C)(C)[C@@H]1CN1S(=O)(=O)c1ccc([N+](=O)[O-])cc1. The van der Waals surface area contributed by atoms with Crippen LogP contribution in [-0.4, -0.2) is 30.2 Å².